The number of hydrogen-bond acceptors (Lipinski definition) is 5. The minimum Gasteiger partial charge on any atom is -0.725 e. The van der Waals surface area contributed by atoms with Gasteiger partial charge in [0.25, 0.3) is 0 Å². The summed E-state index contributed by atoms with van der Waals surface area (Å²) in [5.41, 5.74) is 0. The van der Waals surface area contributed by atoms with Crippen LogP contribution in [0.4, 0.5) is 0 Å². The molecule has 1 aromatic carbocycles. The first-order valence-corrected chi connectivity index (χ1v) is 5.02. The van der Waals surface area contributed by atoms with Crippen molar-refractivity contribution in [2.45, 2.75) is 4.90 Å². The molecular weight excluding hydrogens is 223 g/mol. The van der Waals surface area contributed by atoms with Crippen LogP contribution in [-0.2, 0) is 14.0 Å². The Labute approximate surface area is 103 Å². The first-order chi connectivity index (χ1) is 5.58. The van der Waals surface area contributed by atoms with Gasteiger partial charge >= 0.3 is 29.6 Å². The van der Waals surface area contributed by atoms with Gasteiger partial charge in [-0.05, 0) is 12.1 Å². The smallest absolute Gasteiger partial charge is 0.725 e. The minimum absolute atomic E-state index is 0. The normalized spacial score (nSPS) is 10.5. The summed E-state index contributed by atoms with van der Waals surface area (Å²) in [5.74, 6) is 0. The van der Waals surface area contributed by atoms with Gasteiger partial charge in [0.15, 0.2) is 0 Å². The second-order valence-corrected chi connectivity index (χ2v) is 3.87. The molecule has 0 bridgehead atoms. The number of rotatable bonds is 3. The molecule has 0 spiro atoms. The fraction of sp³-hybridized carbons (Fsp3) is 0. The van der Waals surface area contributed by atoms with Crippen molar-refractivity contribution in [3.05, 3.63) is 30.3 Å². The summed E-state index contributed by atoms with van der Waals surface area (Å²) < 4.78 is 34.0. The van der Waals surface area contributed by atoms with Gasteiger partial charge in [-0.15, -0.1) is 0 Å². The standard InChI is InChI=1S/C6H6O4S2.Na/c7-12(8,9)10-11-6-4-2-1-3-5-6;/h1-5H,(H,7,8,9);/q;+1/p-1. The van der Waals surface area contributed by atoms with E-state index >= 15 is 0 Å². The van der Waals surface area contributed by atoms with E-state index in [2.05, 4.69) is 3.63 Å². The molecule has 0 heterocycles. The van der Waals surface area contributed by atoms with Crippen molar-refractivity contribution in [1.29, 1.82) is 0 Å². The van der Waals surface area contributed by atoms with E-state index in [-0.39, 0.29) is 29.6 Å². The molecule has 1 rings (SSSR count). The molecule has 0 amide bonds. The van der Waals surface area contributed by atoms with E-state index in [4.69, 9.17) is 0 Å². The topological polar surface area (TPSA) is 66.4 Å². The molecular formula is C6H5NaO4S2. The molecule has 0 unspecified atom stereocenters. The maximum atomic E-state index is 10.0. The van der Waals surface area contributed by atoms with E-state index in [0.717, 1.165) is 0 Å². The van der Waals surface area contributed by atoms with Crippen LogP contribution in [0.25, 0.3) is 0 Å². The third-order valence-electron chi connectivity index (χ3n) is 0.957. The molecule has 0 N–H and O–H groups in total. The fourth-order valence-electron chi connectivity index (χ4n) is 0.557. The predicted molar refractivity (Wildman–Crippen MR) is 43.1 cm³/mol. The summed E-state index contributed by atoms with van der Waals surface area (Å²) in [7, 11) is -4.61. The van der Waals surface area contributed by atoms with E-state index in [9.17, 15) is 13.0 Å². The molecule has 1 aromatic rings. The minimum atomic E-state index is -4.61. The van der Waals surface area contributed by atoms with E-state index < -0.39 is 10.4 Å². The third-order valence-corrected chi connectivity index (χ3v) is 2.36. The van der Waals surface area contributed by atoms with Gasteiger partial charge in [-0.2, -0.15) is 0 Å². The van der Waals surface area contributed by atoms with Gasteiger partial charge in [0.2, 0.25) is 10.4 Å². The van der Waals surface area contributed by atoms with Crippen molar-refractivity contribution >= 4 is 22.4 Å². The van der Waals surface area contributed by atoms with E-state index in [1.165, 1.54) is 0 Å². The third kappa shape index (κ3) is 6.50. The van der Waals surface area contributed by atoms with Crippen molar-refractivity contribution in [2.24, 2.45) is 0 Å². The summed E-state index contributed by atoms with van der Waals surface area (Å²) >= 11 is 0.527. The summed E-state index contributed by atoms with van der Waals surface area (Å²) in [6, 6.07) is 8.47. The fourth-order valence-corrected chi connectivity index (χ4v) is 1.47. The van der Waals surface area contributed by atoms with Gasteiger partial charge in [0.05, 0.1) is 0 Å². The summed E-state index contributed by atoms with van der Waals surface area (Å²) in [6.07, 6.45) is 0. The van der Waals surface area contributed by atoms with Gasteiger partial charge in [0.1, 0.15) is 0 Å². The van der Waals surface area contributed by atoms with Crippen LogP contribution in [-0.4, -0.2) is 13.0 Å². The van der Waals surface area contributed by atoms with Crippen LogP contribution in [0.1, 0.15) is 0 Å². The molecule has 4 nitrogen and oxygen atoms in total. The molecule has 0 aromatic heterocycles. The first kappa shape index (κ1) is 13.4. The molecule has 0 fully saturated rings. The molecule has 0 radical (unpaired) electrons. The van der Waals surface area contributed by atoms with Crippen LogP contribution < -0.4 is 29.6 Å². The van der Waals surface area contributed by atoms with Crippen molar-refractivity contribution in [1.82, 2.24) is 0 Å². The Morgan fingerprint density at radius 2 is 1.77 bits per heavy atom. The maximum Gasteiger partial charge on any atom is 1.00 e. The van der Waals surface area contributed by atoms with Crippen LogP contribution in [0.5, 0.6) is 0 Å². The zero-order chi connectivity index (χ0) is 9.03. The molecule has 0 aliphatic carbocycles. The molecule has 0 aliphatic rings. The van der Waals surface area contributed by atoms with Crippen LogP contribution in [0.15, 0.2) is 35.2 Å². The number of benzene rings is 1. The van der Waals surface area contributed by atoms with Gasteiger partial charge in [-0.25, -0.2) is 12.0 Å². The van der Waals surface area contributed by atoms with E-state index in [1.807, 2.05) is 0 Å². The van der Waals surface area contributed by atoms with Gasteiger partial charge in [-0.1, -0.05) is 18.2 Å². The maximum absolute atomic E-state index is 10.0. The monoisotopic (exact) mass is 228 g/mol. The van der Waals surface area contributed by atoms with Crippen LogP contribution in [0.2, 0.25) is 0 Å². The Hall–Kier alpha value is 0.440. The summed E-state index contributed by atoms with van der Waals surface area (Å²) in [5, 5.41) is 0. The van der Waals surface area contributed by atoms with Crippen molar-refractivity contribution in [3.8, 4) is 0 Å². The Balaban J connectivity index is 0.00000144. The second-order valence-electron chi connectivity index (χ2n) is 1.87. The average molecular weight is 228 g/mol. The summed E-state index contributed by atoms with van der Waals surface area (Å²) in [4.78, 5) is 0.567. The molecule has 0 saturated heterocycles. The zero-order valence-electron chi connectivity index (χ0n) is 6.84. The Kier molecular flexibility index (Phi) is 6.23. The van der Waals surface area contributed by atoms with E-state index in [0.29, 0.717) is 16.9 Å². The molecule has 0 saturated carbocycles. The SMILES string of the molecule is O=S(=O)([O-])OSc1ccccc1.[Na+]. The van der Waals surface area contributed by atoms with Gasteiger partial charge < -0.3 is 4.55 Å². The average Bonchev–Trinajstić information content (AvgIpc) is 2.02. The van der Waals surface area contributed by atoms with E-state index in [1.54, 1.807) is 30.3 Å². The van der Waals surface area contributed by atoms with Gasteiger partial charge in [0, 0.05) is 16.9 Å². The van der Waals surface area contributed by atoms with Crippen LogP contribution in [0, 0.1) is 0 Å². The van der Waals surface area contributed by atoms with Crippen molar-refractivity contribution < 1.29 is 46.2 Å². The van der Waals surface area contributed by atoms with Crippen molar-refractivity contribution in [2.75, 3.05) is 0 Å². The molecule has 0 atom stereocenters. The van der Waals surface area contributed by atoms with Crippen molar-refractivity contribution in [3.63, 3.8) is 0 Å². The Bertz CT molecular complexity index is 337. The zero-order valence-corrected chi connectivity index (χ0v) is 10.5. The Morgan fingerprint density at radius 1 is 1.23 bits per heavy atom. The molecule has 7 heteroatoms. The Morgan fingerprint density at radius 3 is 2.23 bits per heavy atom. The largest absolute Gasteiger partial charge is 1.00 e. The van der Waals surface area contributed by atoms with Crippen LogP contribution >= 0.6 is 12.0 Å². The number of hydrogen-bond donors (Lipinski definition) is 0. The molecule has 66 valence electrons. The molecule has 0 aliphatic heterocycles. The van der Waals surface area contributed by atoms with Gasteiger partial charge in [-0.3, -0.25) is 0 Å². The van der Waals surface area contributed by atoms with Crippen LogP contribution in [0.3, 0.4) is 0 Å². The second kappa shape index (κ2) is 6.02. The summed E-state index contributed by atoms with van der Waals surface area (Å²) in [6.45, 7) is 0. The first-order valence-electron chi connectivity index (χ1n) is 2.95. The predicted octanol–water partition coefficient (Wildman–Crippen LogP) is -1.83. The molecule has 13 heavy (non-hydrogen) atoms. The quantitative estimate of drug-likeness (QED) is 0.263.